The lowest BCUT2D eigenvalue weighted by Crippen LogP contribution is -2.26. The van der Waals surface area contributed by atoms with E-state index in [1.807, 2.05) is 97.1 Å². The number of para-hydroxylation sites is 1. The van der Waals surface area contributed by atoms with Crippen molar-refractivity contribution in [2.24, 2.45) is 0 Å². The van der Waals surface area contributed by atoms with Crippen molar-refractivity contribution >= 4 is 21.9 Å². The van der Waals surface area contributed by atoms with Crippen LogP contribution in [0.15, 0.2) is 175 Å². The van der Waals surface area contributed by atoms with E-state index in [0.717, 1.165) is 11.1 Å². The summed E-state index contributed by atoms with van der Waals surface area (Å²) in [6, 6.07) is 44.1. The normalized spacial score (nSPS) is 14.7. The number of pyridine rings is 3. The first kappa shape index (κ1) is 32.5. The van der Waals surface area contributed by atoms with Gasteiger partial charge in [0.15, 0.2) is 0 Å². The summed E-state index contributed by atoms with van der Waals surface area (Å²) in [4.78, 5) is 14.2. The molecule has 5 nitrogen and oxygen atoms in total. The summed E-state index contributed by atoms with van der Waals surface area (Å²) in [5.74, 6) is 0. The van der Waals surface area contributed by atoms with Gasteiger partial charge in [0.25, 0.3) is 0 Å². The Balaban J connectivity index is 1.13. The molecule has 310 valence electrons. The summed E-state index contributed by atoms with van der Waals surface area (Å²) in [6.45, 7) is 10.8. The summed E-state index contributed by atoms with van der Waals surface area (Å²) in [5.41, 5.74) is 3.50. The molecule has 0 saturated carbocycles. The maximum Gasteiger partial charge on any atom is 0.144 e. The zero-order valence-electron chi connectivity index (χ0n) is 44.2. The SMILES string of the molecule is [2H]c1cc2c(oc3c(-c4ccc(C(C)(C)C([2H])([2H])c5cc(C(C)(C)C([2H])([2H])c6ccc(-c7ccccc7)nc6)cc(C(C)(C)C([2H])([2H])c6ccc(-c7ccccc7)nc6)c5)cn4)cccc32)c([2H])c1C#N. The molecule has 0 atom stereocenters. The number of rotatable bonds is 12. The zero-order valence-corrected chi connectivity index (χ0v) is 36.2. The van der Waals surface area contributed by atoms with Crippen LogP contribution >= 0.6 is 0 Å². The summed E-state index contributed by atoms with van der Waals surface area (Å²) in [6.07, 6.45) is -1.49. The third-order valence-corrected chi connectivity index (χ3v) is 11.6. The number of nitriles is 1. The molecule has 0 saturated heterocycles. The second kappa shape index (κ2) is 16.6. The Bertz CT molecular complexity index is 3370. The summed E-state index contributed by atoms with van der Waals surface area (Å²) >= 11 is 0. The number of benzene rings is 5. The molecule has 4 heterocycles. The minimum absolute atomic E-state index is 0.0588. The Kier molecular flexibility index (Phi) is 8.58. The fourth-order valence-corrected chi connectivity index (χ4v) is 8.07. The van der Waals surface area contributed by atoms with E-state index in [0.29, 0.717) is 66.8 Å². The van der Waals surface area contributed by atoms with Gasteiger partial charge in [0.2, 0.25) is 0 Å². The average Bonchev–Trinajstić information content (AvgIpc) is 3.75. The molecule has 9 aromatic rings. The third kappa shape index (κ3) is 8.68. The molecule has 0 aliphatic rings. The van der Waals surface area contributed by atoms with Gasteiger partial charge in [0.05, 0.1) is 31.5 Å². The van der Waals surface area contributed by atoms with Crippen molar-refractivity contribution in [2.75, 3.05) is 0 Å². The van der Waals surface area contributed by atoms with Gasteiger partial charge >= 0.3 is 0 Å². The summed E-state index contributed by atoms with van der Waals surface area (Å²) in [7, 11) is 0. The zero-order chi connectivity index (χ0) is 50.9. The van der Waals surface area contributed by atoms with Gasteiger partial charge in [-0.3, -0.25) is 15.0 Å². The van der Waals surface area contributed by atoms with Gasteiger partial charge in [-0.1, -0.05) is 151 Å². The third-order valence-electron chi connectivity index (χ3n) is 11.6. The molecule has 63 heavy (non-hydrogen) atoms. The largest absolute Gasteiger partial charge is 0.455 e. The van der Waals surface area contributed by atoms with Gasteiger partial charge in [0.1, 0.15) is 11.2 Å². The maximum atomic E-state index is 10.1. The van der Waals surface area contributed by atoms with E-state index in [1.165, 1.54) is 6.07 Å². The second-order valence-corrected chi connectivity index (χ2v) is 17.5. The van der Waals surface area contributed by atoms with Gasteiger partial charge in [-0.2, -0.15) is 5.26 Å². The van der Waals surface area contributed by atoms with E-state index in [9.17, 15) is 13.5 Å². The minimum Gasteiger partial charge on any atom is -0.455 e. The van der Waals surface area contributed by atoms with E-state index in [1.54, 1.807) is 103 Å². The second-order valence-electron chi connectivity index (χ2n) is 17.5. The van der Waals surface area contributed by atoms with Gasteiger partial charge in [-0.05, 0) is 111 Å². The van der Waals surface area contributed by atoms with Crippen LogP contribution in [-0.2, 0) is 35.4 Å². The molecular weight excluding hydrogens is 769 g/mol. The van der Waals surface area contributed by atoms with Crippen molar-refractivity contribution in [3.05, 3.63) is 209 Å². The highest BCUT2D eigenvalue weighted by atomic mass is 16.3. The number of fused-ring (bicyclic) bond motifs is 3. The summed E-state index contributed by atoms with van der Waals surface area (Å²) < 4.78 is 82.3. The van der Waals surface area contributed by atoms with Crippen LogP contribution < -0.4 is 0 Å². The van der Waals surface area contributed by atoms with Gasteiger partial charge < -0.3 is 4.42 Å². The first-order chi connectivity index (χ1) is 33.5. The predicted octanol–water partition coefficient (Wildman–Crippen LogP) is 14.2. The lowest BCUT2D eigenvalue weighted by Gasteiger charge is -2.33. The maximum absolute atomic E-state index is 10.1. The van der Waals surface area contributed by atoms with E-state index in [4.69, 9.17) is 12.1 Å². The van der Waals surface area contributed by atoms with Crippen LogP contribution in [0.25, 0.3) is 55.7 Å². The molecule has 0 fully saturated rings. The molecule has 9 rings (SSSR count). The molecule has 0 unspecified atom stereocenters. The molecule has 0 amide bonds. The molecule has 0 aliphatic carbocycles. The fraction of sp³-hybridized carbons (Fsp3) is 0.207. The number of hydrogen-bond donors (Lipinski definition) is 0. The Hall–Kier alpha value is -7.16. The van der Waals surface area contributed by atoms with Crippen LogP contribution in [-0.4, -0.2) is 15.0 Å². The van der Waals surface area contributed by atoms with Crippen molar-refractivity contribution in [1.29, 1.82) is 5.26 Å². The first-order valence-electron chi connectivity index (χ1n) is 25.1. The monoisotopic (exact) mass is 828 g/mol. The number of hydrogen-bond acceptors (Lipinski definition) is 5. The van der Waals surface area contributed by atoms with Gasteiger partial charge in [0, 0.05) is 54.3 Å². The lowest BCUT2D eigenvalue weighted by molar-refractivity contribution is 0.493. The fourth-order valence-electron chi connectivity index (χ4n) is 8.07. The van der Waals surface area contributed by atoms with Gasteiger partial charge in [-0.15, -0.1) is 0 Å². The van der Waals surface area contributed by atoms with Crippen LogP contribution in [0.4, 0.5) is 0 Å². The van der Waals surface area contributed by atoms with Crippen molar-refractivity contribution in [3.8, 4) is 39.8 Å². The highest BCUT2D eigenvalue weighted by molar-refractivity contribution is 6.09. The van der Waals surface area contributed by atoms with Gasteiger partial charge in [-0.25, -0.2) is 0 Å². The molecule has 0 radical (unpaired) electrons. The quantitative estimate of drug-likeness (QED) is 0.123. The van der Waals surface area contributed by atoms with Crippen LogP contribution in [0.2, 0.25) is 0 Å². The number of furan rings is 1. The average molecular weight is 829 g/mol. The van der Waals surface area contributed by atoms with E-state index in [2.05, 4.69) is 9.97 Å². The van der Waals surface area contributed by atoms with E-state index >= 15 is 0 Å². The van der Waals surface area contributed by atoms with Crippen molar-refractivity contribution in [2.45, 2.75) is 76.9 Å². The Morgan fingerprint density at radius 3 is 1.60 bits per heavy atom. The van der Waals surface area contributed by atoms with Crippen molar-refractivity contribution in [3.63, 3.8) is 0 Å². The highest BCUT2D eigenvalue weighted by Gasteiger charge is 2.30. The molecule has 0 bridgehead atoms. The highest BCUT2D eigenvalue weighted by Crippen LogP contribution is 2.39. The first-order valence-corrected chi connectivity index (χ1v) is 21.1. The van der Waals surface area contributed by atoms with Crippen LogP contribution in [0.3, 0.4) is 0 Å². The predicted molar refractivity (Wildman–Crippen MR) is 258 cm³/mol. The molecule has 0 aliphatic heterocycles. The molecular formula is C58H52N4O. The number of nitrogens with zero attached hydrogens (tertiary/aromatic N) is 4. The van der Waals surface area contributed by atoms with E-state index < -0.39 is 35.4 Å². The number of aromatic nitrogens is 3. The molecule has 5 aromatic carbocycles. The topological polar surface area (TPSA) is 75.6 Å². The molecule has 0 N–H and O–H groups in total. The Labute approximate surface area is 382 Å². The molecule has 5 heteroatoms. The van der Waals surface area contributed by atoms with Crippen molar-refractivity contribution < 1.29 is 15.4 Å². The van der Waals surface area contributed by atoms with Crippen LogP contribution in [0.5, 0.6) is 0 Å². The summed E-state index contributed by atoms with van der Waals surface area (Å²) in [5, 5.41) is 10.8. The minimum atomic E-state index is -2.15. The molecule has 4 aromatic heterocycles. The Morgan fingerprint density at radius 2 is 1.08 bits per heavy atom. The van der Waals surface area contributed by atoms with Crippen LogP contribution in [0, 0.1) is 11.3 Å². The molecule has 0 spiro atoms. The van der Waals surface area contributed by atoms with Crippen molar-refractivity contribution in [1.82, 2.24) is 15.0 Å². The van der Waals surface area contributed by atoms with Crippen LogP contribution in [0.1, 0.15) is 91.5 Å². The standard InChI is InChI=1S/C58H52N4O/c1-56(2,45-23-27-53(62-38-45)50-19-13-18-49-48-24-20-39(35-59)30-54(48)63-55(49)50)34-42-28-46(57(3,4)32-40-21-25-51(60-36-40)43-14-9-7-10-15-43)31-47(29-42)58(5,6)33-41-22-26-52(61-37-41)44-16-11-8-12-17-44/h7-31,36-38H,32-34H2,1-6H3/i20D,30D,32D2,33D2,34D2. The van der Waals surface area contributed by atoms with E-state index in [-0.39, 0.29) is 28.8 Å². The lowest BCUT2D eigenvalue weighted by atomic mass is 9.72. The smallest absolute Gasteiger partial charge is 0.144 e. The Morgan fingerprint density at radius 1 is 0.540 bits per heavy atom.